The number of carbonyl (C=O) groups excluding carboxylic acids is 1. The summed E-state index contributed by atoms with van der Waals surface area (Å²) >= 11 is 0. The molecule has 26 heavy (non-hydrogen) atoms. The maximum Gasteiger partial charge on any atom is 0.410 e. The van der Waals surface area contributed by atoms with E-state index in [1.54, 1.807) is 4.90 Å². The molecule has 0 bridgehead atoms. The fraction of sp³-hybridized carbons (Fsp3) is 0.895. The summed E-state index contributed by atoms with van der Waals surface area (Å²) < 4.78 is 5.31. The van der Waals surface area contributed by atoms with Gasteiger partial charge in [-0.05, 0) is 43.4 Å². The molecule has 7 nitrogen and oxygen atoms in total. The summed E-state index contributed by atoms with van der Waals surface area (Å²) in [5, 5.41) is 9.17. The third-order valence-electron chi connectivity index (χ3n) is 7.17. The van der Waals surface area contributed by atoms with Crippen molar-refractivity contribution < 1.29 is 19.4 Å². The average molecular weight is 365 g/mol. The van der Waals surface area contributed by atoms with Crippen LogP contribution in [-0.4, -0.2) is 82.9 Å². The van der Waals surface area contributed by atoms with Gasteiger partial charge in [-0.1, -0.05) is 13.8 Å². The van der Waals surface area contributed by atoms with E-state index in [2.05, 4.69) is 18.7 Å². The molecule has 0 aromatic carbocycles. The van der Waals surface area contributed by atoms with Crippen molar-refractivity contribution in [3.63, 3.8) is 0 Å². The molecule has 4 rings (SSSR count). The number of nitrogens with zero attached hydrogens (tertiary/aromatic N) is 3. The number of carboxylic acid groups (broad SMARTS) is 1. The molecule has 3 heterocycles. The third kappa shape index (κ3) is 3.04. The number of ether oxygens (including phenoxy) is 1. The molecule has 0 unspecified atom stereocenters. The van der Waals surface area contributed by atoms with Crippen LogP contribution in [-0.2, 0) is 4.74 Å². The van der Waals surface area contributed by atoms with Gasteiger partial charge in [-0.25, -0.2) is 9.59 Å². The van der Waals surface area contributed by atoms with Crippen LogP contribution in [0.4, 0.5) is 9.59 Å². The molecule has 1 saturated carbocycles. The normalized spacial score (nSPS) is 36.0. The first-order valence-electron chi connectivity index (χ1n) is 10.1. The van der Waals surface area contributed by atoms with Crippen LogP contribution in [0.5, 0.6) is 0 Å². The second-order valence-corrected chi connectivity index (χ2v) is 9.08. The highest BCUT2D eigenvalue weighted by Crippen LogP contribution is 2.50. The van der Waals surface area contributed by atoms with Crippen LogP contribution < -0.4 is 0 Å². The van der Waals surface area contributed by atoms with Gasteiger partial charge in [0, 0.05) is 38.3 Å². The Kier molecular flexibility index (Phi) is 4.53. The molecule has 0 aromatic rings. The summed E-state index contributed by atoms with van der Waals surface area (Å²) in [6, 6.07) is 1.11. The van der Waals surface area contributed by atoms with Crippen molar-refractivity contribution in [2.24, 2.45) is 11.3 Å². The van der Waals surface area contributed by atoms with E-state index in [4.69, 9.17) is 9.84 Å². The zero-order valence-corrected chi connectivity index (χ0v) is 15.9. The molecule has 3 saturated heterocycles. The lowest BCUT2D eigenvalue weighted by atomic mass is 9.64. The van der Waals surface area contributed by atoms with Crippen LogP contribution in [0.2, 0.25) is 0 Å². The molecule has 4 fully saturated rings. The molecule has 1 spiro atoms. The summed E-state index contributed by atoms with van der Waals surface area (Å²) in [6.07, 6.45) is 4.39. The number of carbonyl (C=O) groups is 2. The molecule has 0 radical (unpaired) electrons. The number of piperidine rings is 1. The van der Waals surface area contributed by atoms with Crippen LogP contribution >= 0.6 is 0 Å². The molecular weight excluding hydrogens is 334 g/mol. The van der Waals surface area contributed by atoms with Crippen LogP contribution in [0.3, 0.4) is 0 Å². The molecule has 1 atom stereocenters. The van der Waals surface area contributed by atoms with Crippen molar-refractivity contribution in [2.75, 3.05) is 32.8 Å². The second-order valence-electron chi connectivity index (χ2n) is 9.08. The van der Waals surface area contributed by atoms with Gasteiger partial charge in [0.15, 0.2) is 0 Å². The van der Waals surface area contributed by atoms with E-state index in [-0.39, 0.29) is 17.6 Å². The van der Waals surface area contributed by atoms with Crippen molar-refractivity contribution in [2.45, 2.75) is 64.1 Å². The molecule has 7 heteroatoms. The van der Waals surface area contributed by atoms with Crippen LogP contribution in [0.1, 0.15) is 46.0 Å². The van der Waals surface area contributed by atoms with Gasteiger partial charge in [0.2, 0.25) is 0 Å². The van der Waals surface area contributed by atoms with E-state index in [0.717, 1.165) is 45.2 Å². The van der Waals surface area contributed by atoms with E-state index in [9.17, 15) is 9.59 Å². The van der Waals surface area contributed by atoms with Gasteiger partial charge in [0.25, 0.3) is 0 Å². The first-order chi connectivity index (χ1) is 12.4. The summed E-state index contributed by atoms with van der Waals surface area (Å²) in [5.74, 6) is 0.422. The topological polar surface area (TPSA) is 73.3 Å². The van der Waals surface area contributed by atoms with Gasteiger partial charge in [0.1, 0.15) is 6.61 Å². The Morgan fingerprint density at radius 1 is 1.19 bits per heavy atom. The maximum atomic E-state index is 12.2. The van der Waals surface area contributed by atoms with E-state index in [0.29, 0.717) is 37.7 Å². The first kappa shape index (κ1) is 17.9. The van der Waals surface area contributed by atoms with Crippen LogP contribution in [0.15, 0.2) is 0 Å². The van der Waals surface area contributed by atoms with Gasteiger partial charge in [0.05, 0.1) is 6.04 Å². The Morgan fingerprint density at radius 2 is 1.88 bits per heavy atom. The van der Waals surface area contributed by atoms with E-state index in [1.165, 1.54) is 0 Å². The van der Waals surface area contributed by atoms with Gasteiger partial charge in [-0.15, -0.1) is 0 Å². The second kappa shape index (κ2) is 6.59. The molecule has 3 aliphatic heterocycles. The zero-order chi connectivity index (χ0) is 18.5. The van der Waals surface area contributed by atoms with Gasteiger partial charge < -0.3 is 19.6 Å². The summed E-state index contributed by atoms with van der Waals surface area (Å²) in [6.45, 7) is 8.31. The number of hydrogen-bond donors (Lipinski definition) is 1. The number of amides is 2. The van der Waals surface area contributed by atoms with Crippen molar-refractivity contribution in [1.82, 2.24) is 14.7 Å². The molecule has 0 aromatic heterocycles. The average Bonchev–Trinajstić information content (AvgIpc) is 3.18. The maximum absolute atomic E-state index is 12.2. The monoisotopic (exact) mass is 365 g/mol. The zero-order valence-electron chi connectivity index (χ0n) is 15.9. The minimum absolute atomic E-state index is 0.135. The lowest BCUT2D eigenvalue weighted by Gasteiger charge is -2.52. The highest BCUT2D eigenvalue weighted by atomic mass is 16.6. The smallest absolute Gasteiger partial charge is 0.410 e. The summed E-state index contributed by atoms with van der Waals surface area (Å²) in [7, 11) is 0. The van der Waals surface area contributed by atoms with Crippen molar-refractivity contribution in [1.29, 1.82) is 0 Å². The fourth-order valence-corrected chi connectivity index (χ4v) is 5.54. The lowest BCUT2D eigenvalue weighted by molar-refractivity contribution is -0.0142. The SMILES string of the molecule is CC(C)[C@H]1COC(=O)N1C1CCN(C2CC3(CCN(C(=O)O)C3)C2)CC1. The molecule has 4 aliphatic rings. The highest BCUT2D eigenvalue weighted by Gasteiger charge is 2.51. The molecule has 2 amide bonds. The van der Waals surface area contributed by atoms with Crippen LogP contribution in [0, 0.1) is 11.3 Å². The van der Waals surface area contributed by atoms with E-state index in [1.807, 2.05) is 4.90 Å². The Balaban J connectivity index is 1.28. The minimum atomic E-state index is -0.775. The highest BCUT2D eigenvalue weighted by molar-refractivity contribution is 5.70. The van der Waals surface area contributed by atoms with Crippen molar-refractivity contribution in [3.8, 4) is 0 Å². The van der Waals surface area contributed by atoms with Gasteiger partial charge >= 0.3 is 12.2 Å². The Hall–Kier alpha value is -1.50. The number of hydrogen-bond acceptors (Lipinski definition) is 4. The molecule has 146 valence electrons. The quantitative estimate of drug-likeness (QED) is 0.832. The van der Waals surface area contributed by atoms with E-state index >= 15 is 0 Å². The van der Waals surface area contributed by atoms with Gasteiger partial charge in [-0.3, -0.25) is 4.90 Å². The fourth-order valence-electron chi connectivity index (χ4n) is 5.54. The predicted molar refractivity (Wildman–Crippen MR) is 96.1 cm³/mol. The molecule has 1 N–H and O–H groups in total. The molecular formula is C19H31N3O4. The van der Waals surface area contributed by atoms with Crippen molar-refractivity contribution >= 4 is 12.2 Å². The number of rotatable bonds is 3. The summed E-state index contributed by atoms with van der Waals surface area (Å²) in [5.41, 5.74) is 0.238. The Bertz CT molecular complexity index is 567. The number of likely N-dealkylation sites (tertiary alicyclic amines) is 2. The number of cyclic esters (lactones) is 1. The third-order valence-corrected chi connectivity index (χ3v) is 7.17. The predicted octanol–water partition coefficient (Wildman–Crippen LogP) is 2.46. The van der Waals surface area contributed by atoms with Crippen LogP contribution in [0.25, 0.3) is 0 Å². The standard InChI is InChI=1S/C19H31N3O4/c1-13(2)16-11-26-18(25)22(16)14-3-6-20(7-4-14)15-9-19(10-15)5-8-21(12-19)17(23)24/h13-16H,3-12H2,1-2H3,(H,23,24)/t15?,16-,19?/m1/s1. The largest absolute Gasteiger partial charge is 0.465 e. The molecule has 1 aliphatic carbocycles. The summed E-state index contributed by atoms with van der Waals surface area (Å²) in [4.78, 5) is 29.5. The van der Waals surface area contributed by atoms with E-state index < -0.39 is 6.09 Å². The van der Waals surface area contributed by atoms with Crippen molar-refractivity contribution in [3.05, 3.63) is 0 Å². The first-order valence-corrected chi connectivity index (χ1v) is 10.1. The Labute approximate surface area is 155 Å². The van der Waals surface area contributed by atoms with Gasteiger partial charge in [-0.2, -0.15) is 0 Å². The lowest BCUT2D eigenvalue weighted by Crippen LogP contribution is -2.57. The minimum Gasteiger partial charge on any atom is -0.465 e. The Morgan fingerprint density at radius 3 is 2.46 bits per heavy atom.